The number of hydrogen-bond donors (Lipinski definition) is 2. The van der Waals surface area contributed by atoms with E-state index in [2.05, 4.69) is 5.32 Å². The minimum atomic E-state index is -1.50. The molecule has 2 aromatic rings. The van der Waals surface area contributed by atoms with Crippen LogP contribution >= 0.6 is 58.8 Å². The summed E-state index contributed by atoms with van der Waals surface area (Å²) in [5, 5.41) is 14.4. The van der Waals surface area contributed by atoms with Crippen molar-refractivity contribution in [1.82, 2.24) is 4.90 Å². The van der Waals surface area contributed by atoms with Gasteiger partial charge >= 0.3 is 5.97 Å². The Morgan fingerprint density at radius 1 is 1.04 bits per heavy atom. The smallest absolute Gasteiger partial charge is 0.334 e. The summed E-state index contributed by atoms with van der Waals surface area (Å²) >= 11 is 24.7. The van der Waals surface area contributed by atoms with E-state index in [1.54, 1.807) is 24.3 Å². The number of halogens is 5. The number of rotatable bonds is 7. The second-order valence-corrected chi connectivity index (χ2v) is 7.74. The van der Waals surface area contributed by atoms with Crippen LogP contribution in [0.25, 0.3) is 0 Å². The molecule has 1 atom stereocenters. The summed E-state index contributed by atoms with van der Waals surface area (Å²) in [5.74, 6) is -1.07. The maximum atomic E-state index is 12.4. The van der Waals surface area contributed by atoms with E-state index in [9.17, 15) is 9.90 Å². The van der Waals surface area contributed by atoms with Crippen LogP contribution in [0.1, 0.15) is 12.0 Å². The van der Waals surface area contributed by atoms with E-state index in [0.29, 0.717) is 22.8 Å². The lowest BCUT2D eigenvalue weighted by Crippen LogP contribution is -2.46. The lowest BCUT2D eigenvalue weighted by Gasteiger charge is -2.34. The first-order valence-electron chi connectivity index (χ1n) is 7.73. The Balaban J connectivity index is 0.00000364. The Morgan fingerprint density at radius 3 is 2.19 bits per heavy atom. The Hall–Kier alpha value is -0.880. The molecule has 0 aliphatic carbocycles. The summed E-state index contributed by atoms with van der Waals surface area (Å²) in [6.07, 6.45) is 0.246. The van der Waals surface area contributed by atoms with Crippen molar-refractivity contribution in [2.24, 2.45) is 0 Å². The fourth-order valence-corrected chi connectivity index (χ4v) is 3.48. The molecule has 0 aromatic heterocycles. The monoisotopic (exact) mass is 470 g/mol. The van der Waals surface area contributed by atoms with Gasteiger partial charge < -0.3 is 15.3 Å². The Kier molecular flexibility index (Phi) is 9.00. The lowest BCUT2D eigenvalue weighted by molar-refractivity contribution is -0.143. The van der Waals surface area contributed by atoms with Crippen molar-refractivity contribution in [3.63, 3.8) is 0 Å². The first-order chi connectivity index (χ1) is 12.2. The fraction of sp³-hybridized carbons (Fsp3) is 0.278. The summed E-state index contributed by atoms with van der Waals surface area (Å²) in [6, 6.07) is 9.81. The van der Waals surface area contributed by atoms with Crippen molar-refractivity contribution in [2.45, 2.75) is 12.0 Å². The van der Waals surface area contributed by atoms with Gasteiger partial charge in [-0.05, 0) is 38.7 Å². The van der Waals surface area contributed by atoms with E-state index in [0.717, 1.165) is 0 Å². The zero-order valence-corrected chi connectivity index (χ0v) is 18.4. The predicted octanol–water partition coefficient (Wildman–Crippen LogP) is 6.07. The number of carboxylic acids is 1. The van der Waals surface area contributed by atoms with Gasteiger partial charge in [-0.3, -0.25) is 0 Å². The minimum absolute atomic E-state index is 0. The third kappa shape index (κ3) is 5.57. The number of hydrogen-bond acceptors (Lipinski definition) is 3. The van der Waals surface area contributed by atoms with Gasteiger partial charge in [-0.25, -0.2) is 4.79 Å². The second-order valence-electron chi connectivity index (χ2n) is 6.11. The molecule has 0 heterocycles. The van der Waals surface area contributed by atoms with E-state index in [1.165, 1.54) is 12.1 Å². The van der Waals surface area contributed by atoms with E-state index in [-0.39, 0.29) is 33.9 Å². The maximum Gasteiger partial charge on any atom is 0.334 e. The predicted molar refractivity (Wildman–Crippen MR) is 116 cm³/mol. The van der Waals surface area contributed by atoms with Crippen LogP contribution in [-0.4, -0.2) is 36.6 Å². The summed E-state index contributed by atoms with van der Waals surface area (Å²) in [5.41, 5.74) is -0.691. The zero-order valence-electron chi connectivity index (χ0n) is 14.6. The highest BCUT2D eigenvalue weighted by Gasteiger charge is 2.42. The SMILES string of the molecule is CN(C)CCC(Nc1cc(Cl)c(Cl)cc1Cl)(C(=O)O)c1ccccc1Cl.Cl. The molecule has 0 saturated heterocycles. The summed E-state index contributed by atoms with van der Waals surface area (Å²) in [4.78, 5) is 14.3. The van der Waals surface area contributed by atoms with Gasteiger partial charge in [-0.2, -0.15) is 0 Å². The first kappa shape index (κ1) is 24.2. The van der Waals surface area contributed by atoms with Crippen LogP contribution in [0.15, 0.2) is 36.4 Å². The quantitative estimate of drug-likeness (QED) is 0.481. The zero-order chi connectivity index (χ0) is 19.5. The van der Waals surface area contributed by atoms with Gasteiger partial charge in [0.25, 0.3) is 0 Å². The topological polar surface area (TPSA) is 52.6 Å². The molecule has 0 spiro atoms. The highest BCUT2D eigenvalue weighted by molar-refractivity contribution is 6.44. The Labute approximate surface area is 184 Å². The third-order valence-electron chi connectivity index (χ3n) is 3.99. The van der Waals surface area contributed by atoms with E-state index >= 15 is 0 Å². The van der Waals surface area contributed by atoms with Crippen molar-refractivity contribution in [1.29, 1.82) is 0 Å². The average molecular weight is 473 g/mol. The normalized spacial score (nSPS) is 13.0. The number of carboxylic acid groups (broad SMARTS) is 1. The maximum absolute atomic E-state index is 12.4. The van der Waals surface area contributed by atoms with Crippen LogP contribution < -0.4 is 5.32 Å². The molecule has 0 saturated carbocycles. The molecule has 148 valence electrons. The molecule has 0 aliphatic rings. The Bertz CT molecular complexity index is 816. The van der Waals surface area contributed by atoms with E-state index in [4.69, 9.17) is 46.4 Å². The highest BCUT2D eigenvalue weighted by atomic mass is 35.5. The van der Waals surface area contributed by atoms with Gasteiger partial charge in [0, 0.05) is 17.1 Å². The molecule has 2 rings (SSSR count). The second kappa shape index (κ2) is 10.1. The van der Waals surface area contributed by atoms with Gasteiger partial charge in [0.05, 0.1) is 20.8 Å². The lowest BCUT2D eigenvalue weighted by atomic mass is 9.85. The van der Waals surface area contributed by atoms with Gasteiger partial charge in [-0.15, -0.1) is 12.4 Å². The molecule has 9 heteroatoms. The molecule has 4 nitrogen and oxygen atoms in total. The molecule has 0 aliphatic heterocycles. The van der Waals surface area contributed by atoms with Gasteiger partial charge in [-0.1, -0.05) is 64.6 Å². The molecule has 2 N–H and O–H groups in total. The van der Waals surface area contributed by atoms with E-state index in [1.807, 2.05) is 19.0 Å². The number of nitrogens with zero attached hydrogens (tertiary/aromatic N) is 1. The molecule has 0 amide bonds. The molecule has 0 radical (unpaired) electrons. The van der Waals surface area contributed by atoms with Crippen LogP contribution in [0.2, 0.25) is 20.1 Å². The largest absolute Gasteiger partial charge is 0.479 e. The van der Waals surface area contributed by atoms with Crippen molar-refractivity contribution in [3.8, 4) is 0 Å². The number of aliphatic carboxylic acids is 1. The van der Waals surface area contributed by atoms with Crippen molar-refractivity contribution < 1.29 is 9.90 Å². The van der Waals surface area contributed by atoms with Gasteiger partial charge in [0.15, 0.2) is 5.54 Å². The standard InChI is InChI=1S/C18H18Cl4N2O2.ClH/c1-24(2)8-7-18(17(25)26,11-5-3-4-6-12(11)19)23-16-10-14(21)13(20)9-15(16)22;/h3-6,9-10,23H,7-8H2,1-2H3,(H,25,26);1H. The van der Waals surface area contributed by atoms with Crippen molar-refractivity contribution in [3.05, 3.63) is 62.1 Å². The molecular weight excluding hydrogens is 453 g/mol. The van der Waals surface area contributed by atoms with Crippen molar-refractivity contribution >= 4 is 70.5 Å². The van der Waals surface area contributed by atoms with Crippen molar-refractivity contribution in [2.75, 3.05) is 26.0 Å². The van der Waals surface area contributed by atoms with Crippen LogP contribution in [0.5, 0.6) is 0 Å². The number of carbonyl (C=O) groups is 1. The number of anilines is 1. The van der Waals surface area contributed by atoms with E-state index < -0.39 is 11.5 Å². The van der Waals surface area contributed by atoms with Crippen LogP contribution in [0.4, 0.5) is 5.69 Å². The summed E-state index contributed by atoms with van der Waals surface area (Å²) in [7, 11) is 3.73. The molecule has 2 aromatic carbocycles. The third-order valence-corrected chi connectivity index (χ3v) is 5.36. The molecule has 0 fully saturated rings. The van der Waals surface area contributed by atoms with Crippen LogP contribution in [0.3, 0.4) is 0 Å². The summed E-state index contributed by atoms with van der Waals surface area (Å²) < 4.78 is 0. The minimum Gasteiger partial charge on any atom is -0.479 e. The van der Waals surface area contributed by atoms with Crippen LogP contribution in [0, 0.1) is 0 Å². The molecular formula is C18H19Cl5N2O2. The Morgan fingerprint density at radius 2 is 1.63 bits per heavy atom. The highest BCUT2D eigenvalue weighted by Crippen LogP contribution is 2.39. The molecule has 0 bridgehead atoms. The van der Waals surface area contributed by atoms with Gasteiger partial charge in [0.1, 0.15) is 0 Å². The number of nitrogens with one attached hydrogen (secondary N) is 1. The van der Waals surface area contributed by atoms with Crippen LogP contribution in [-0.2, 0) is 10.3 Å². The first-order valence-corrected chi connectivity index (χ1v) is 9.24. The number of benzene rings is 2. The average Bonchev–Trinajstić information content (AvgIpc) is 2.56. The van der Waals surface area contributed by atoms with Gasteiger partial charge in [0.2, 0.25) is 0 Å². The molecule has 1 unspecified atom stereocenters. The summed E-state index contributed by atoms with van der Waals surface area (Å²) in [6.45, 7) is 0.503. The molecule has 27 heavy (non-hydrogen) atoms. The fourth-order valence-electron chi connectivity index (χ4n) is 2.59.